The Kier molecular flexibility index (Phi) is 3.68. The van der Waals surface area contributed by atoms with E-state index in [2.05, 4.69) is 21.8 Å². The second-order valence-corrected chi connectivity index (χ2v) is 7.42. The van der Waals surface area contributed by atoms with Crippen LogP contribution < -0.4 is 0 Å². The third-order valence-electron chi connectivity index (χ3n) is 4.27. The Balaban J connectivity index is 1.47. The molecule has 1 aromatic carbocycles. The molecule has 1 aliphatic rings. The lowest BCUT2D eigenvalue weighted by molar-refractivity contribution is 0.0713. The van der Waals surface area contributed by atoms with Crippen molar-refractivity contribution in [3.8, 4) is 0 Å². The minimum absolute atomic E-state index is 0.0879. The van der Waals surface area contributed by atoms with Gasteiger partial charge < -0.3 is 4.90 Å². The van der Waals surface area contributed by atoms with Gasteiger partial charge in [0.2, 0.25) is 0 Å². The summed E-state index contributed by atoms with van der Waals surface area (Å²) in [6.45, 7) is 1.66. The first-order valence-corrected chi connectivity index (χ1v) is 9.24. The minimum Gasteiger partial charge on any atom is -0.337 e. The Morgan fingerprint density at radius 1 is 1.18 bits per heavy atom. The normalized spacial score (nSPS) is 16.3. The van der Waals surface area contributed by atoms with Gasteiger partial charge in [-0.1, -0.05) is 12.1 Å². The third kappa shape index (κ3) is 2.55. The molecule has 3 nitrogen and oxygen atoms in total. The quantitative estimate of drug-likeness (QED) is 0.699. The number of aromatic nitrogens is 1. The molecular formula is C17H16N2OS2. The molecule has 0 aliphatic carbocycles. The van der Waals surface area contributed by atoms with Crippen LogP contribution >= 0.6 is 22.7 Å². The topological polar surface area (TPSA) is 33.2 Å². The van der Waals surface area contributed by atoms with Crippen molar-refractivity contribution < 1.29 is 4.79 Å². The molecule has 0 saturated carbocycles. The van der Waals surface area contributed by atoms with Gasteiger partial charge in [0, 0.05) is 13.1 Å². The van der Waals surface area contributed by atoms with Crippen molar-refractivity contribution in [2.45, 2.75) is 18.8 Å². The molecule has 0 atom stereocenters. The number of carbonyl (C=O) groups excluding carboxylic acids is 1. The summed E-state index contributed by atoms with van der Waals surface area (Å²) in [5.74, 6) is 0.690. The van der Waals surface area contributed by atoms with E-state index in [0.29, 0.717) is 10.9 Å². The van der Waals surface area contributed by atoms with Crippen molar-refractivity contribution in [3.63, 3.8) is 0 Å². The predicted molar refractivity (Wildman–Crippen MR) is 91.8 cm³/mol. The summed E-state index contributed by atoms with van der Waals surface area (Å²) in [5.41, 5.74) is 2.35. The minimum atomic E-state index is 0.0879. The molecule has 1 saturated heterocycles. The second-order valence-electron chi connectivity index (χ2n) is 5.61. The largest absolute Gasteiger partial charge is 0.337 e. The van der Waals surface area contributed by atoms with Gasteiger partial charge in [-0.25, -0.2) is 4.98 Å². The van der Waals surface area contributed by atoms with E-state index in [4.69, 9.17) is 0 Å². The maximum Gasteiger partial charge on any atom is 0.282 e. The van der Waals surface area contributed by atoms with Gasteiger partial charge in [0.25, 0.3) is 5.91 Å². The van der Waals surface area contributed by atoms with Crippen LogP contribution in [0.2, 0.25) is 0 Å². The van der Waals surface area contributed by atoms with Crippen LogP contribution in [0.25, 0.3) is 10.2 Å². The maximum absolute atomic E-state index is 12.6. The van der Waals surface area contributed by atoms with E-state index in [9.17, 15) is 4.79 Å². The van der Waals surface area contributed by atoms with Gasteiger partial charge in [0.05, 0.1) is 10.2 Å². The molecule has 4 rings (SSSR count). The zero-order chi connectivity index (χ0) is 14.9. The van der Waals surface area contributed by atoms with Gasteiger partial charge in [0.1, 0.15) is 0 Å². The van der Waals surface area contributed by atoms with Crippen LogP contribution in [0.1, 0.15) is 34.1 Å². The molecular weight excluding hydrogens is 312 g/mol. The Hall–Kier alpha value is -1.72. The van der Waals surface area contributed by atoms with Gasteiger partial charge >= 0.3 is 0 Å². The molecule has 1 amide bonds. The zero-order valence-corrected chi connectivity index (χ0v) is 13.7. The Bertz CT molecular complexity index is 753. The van der Waals surface area contributed by atoms with Crippen LogP contribution in [0, 0.1) is 0 Å². The van der Waals surface area contributed by atoms with Crippen LogP contribution in [-0.4, -0.2) is 28.9 Å². The first-order valence-electron chi connectivity index (χ1n) is 7.48. The van der Waals surface area contributed by atoms with E-state index in [1.165, 1.54) is 16.9 Å². The van der Waals surface area contributed by atoms with Crippen LogP contribution in [-0.2, 0) is 0 Å². The number of thiophene rings is 1. The Morgan fingerprint density at radius 3 is 2.73 bits per heavy atom. The molecule has 3 heterocycles. The van der Waals surface area contributed by atoms with Crippen LogP contribution in [0.5, 0.6) is 0 Å². The Labute approximate surface area is 137 Å². The summed E-state index contributed by atoms with van der Waals surface area (Å²) in [5, 5.41) is 4.99. The standard InChI is InChI=1S/C17H16N2OS2/c20-17(16-18-14-3-1-2-4-15(14)22-16)19-8-5-12(6-9-19)13-7-10-21-11-13/h1-4,7,10-12H,5-6,8-9H2. The first-order chi connectivity index (χ1) is 10.8. The van der Waals surface area contributed by atoms with E-state index in [0.717, 1.165) is 36.1 Å². The molecule has 22 heavy (non-hydrogen) atoms. The molecule has 0 N–H and O–H groups in total. The van der Waals surface area contributed by atoms with Crippen molar-refractivity contribution in [1.29, 1.82) is 0 Å². The van der Waals surface area contributed by atoms with E-state index in [1.54, 1.807) is 11.3 Å². The lowest BCUT2D eigenvalue weighted by Gasteiger charge is -2.31. The highest BCUT2D eigenvalue weighted by Gasteiger charge is 2.26. The molecule has 2 aromatic heterocycles. The molecule has 0 unspecified atom stereocenters. The van der Waals surface area contributed by atoms with Gasteiger partial charge in [0.15, 0.2) is 5.01 Å². The van der Waals surface area contributed by atoms with Crippen molar-refractivity contribution in [3.05, 3.63) is 51.7 Å². The van der Waals surface area contributed by atoms with Gasteiger partial charge in [-0.15, -0.1) is 11.3 Å². The monoisotopic (exact) mass is 328 g/mol. The summed E-state index contributed by atoms with van der Waals surface area (Å²) >= 11 is 3.25. The van der Waals surface area contributed by atoms with Crippen LogP contribution in [0.15, 0.2) is 41.1 Å². The van der Waals surface area contributed by atoms with Crippen molar-refractivity contribution in [2.24, 2.45) is 0 Å². The van der Waals surface area contributed by atoms with Gasteiger partial charge in [-0.2, -0.15) is 11.3 Å². The number of piperidine rings is 1. The highest BCUT2D eigenvalue weighted by Crippen LogP contribution is 2.30. The smallest absolute Gasteiger partial charge is 0.282 e. The number of rotatable bonds is 2. The first kappa shape index (κ1) is 13.9. The molecule has 5 heteroatoms. The summed E-state index contributed by atoms with van der Waals surface area (Å²) in [4.78, 5) is 19.1. The molecule has 0 spiro atoms. The number of hydrogen-bond donors (Lipinski definition) is 0. The number of benzene rings is 1. The summed E-state index contributed by atoms with van der Waals surface area (Å²) in [6, 6.07) is 10.1. The van der Waals surface area contributed by atoms with Gasteiger partial charge in [-0.05, 0) is 53.3 Å². The summed E-state index contributed by atoms with van der Waals surface area (Å²) in [7, 11) is 0. The summed E-state index contributed by atoms with van der Waals surface area (Å²) < 4.78 is 1.08. The highest BCUT2D eigenvalue weighted by molar-refractivity contribution is 7.20. The second kappa shape index (κ2) is 5.82. The third-order valence-corrected chi connectivity index (χ3v) is 6.00. The summed E-state index contributed by atoms with van der Waals surface area (Å²) in [6.07, 6.45) is 2.10. The van der Waals surface area contributed by atoms with E-state index in [1.807, 2.05) is 29.2 Å². The van der Waals surface area contributed by atoms with E-state index >= 15 is 0 Å². The fourth-order valence-electron chi connectivity index (χ4n) is 3.02. The number of hydrogen-bond acceptors (Lipinski definition) is 4. The average molecular weight is 328 g/mol. The molecule has 0 radical (unpaired) electrons. The highest BCUT2D eigenvalue weighted by atomic mass is 32.1. The van der Waals surface area contributed by atoms with Crippen LogP contribution in [0.4, 0.5) is 0 Å². The average Bonchev–Trinajstić information content (AvgIpc) is 3.23. The van der Waals surface area contributed by atoms with Gasteiger partial charge in [-0.3, -0.25) is 4.79 Å². The van der Waals surface area contributed by atoms with Crippen molar-refractivity contribution in [2.75, 3.05) is 13.1 Å². The number of para-hydroxylation sites is 1. The van der Waals surface area contributed by atoms with Crippen molar-refractivity contribution in [1.82, 2.24) is 9.88 Å². The number of amides is 1. The lowest BCUT2D eigenvalue weighted by Crippen LogP contribution is -2.37. The van der Waals surface area contributed by atoms with Crippen LogP contribution in [0.3, 0.4) is 0 Å². The predicted octanol–water partition coefficient (Wildman–Crippen LogP) is 4.38. The fraction of sp³-hybridized carbons (Fsp3) is 0.294. The molecule has 1 fully saturated rings. The molecule has 0 bridgehead atoms. The number of thiazole rings is 1. The number of fused-ring (bicyclic) bond motifs is 1. The van der Waals surface area contributed by atoms with E-state index < -0.39 is 0 Å². The number of nitrogens with zero attached hydrogens (tertiary/aromatic N) is 2. The Morgan fingerprint density at radius 2 is 2.00 bits per heavy atom. The zero-order valence-electron chi connectivity index (χ0n) is 12.1. The molecule has 3 aromatic rings. The lowest BCUT2D eigenvalue weighted by atomic mass is 9.91. The maximum atomic E-state index is 12.6. The fourth-order valence-corrected chi connectivity index (χ4v) is 4.70. The SMILES string of the molecule is O=C(c1nc2ccccc2s1)N1CCC(c2ccsc2)CC1. The number of likely N-dealkylation sites (tertiary alicyclic amines) is 1. The van der Waals surface area contributed by atoms with E-state index in [-0.39, 0.29) is 5.91 Å². The molecule has 112 valence electrons. The molecule has 1 aliphatic heterocycles. The number of carbonyl (C=O) groups is 1. The van der Waals surface area contributed by atoms with Crippen molar-refractivity contribution >= 4 is 38.8 Å².